The highest BCUT2D eigenvalue weighted by Gasteiger charge is 2.65. The van der Waals surface area contributed by atoms with Gasteiger partial charge in [-0.05, 0) is 23.2 Å². The number of aliphatic carboxylic acids is 1. The van der Waals surface area contributed by atoms with E-state index in [1.165, 1.54) is 0 Å². The smallest absolute Gasteiger partial charge is 0.326 e. The van der Waals surface area contributed by atoms with Crippen LogP contribution in [0.3, 0.4) is 0 Å². The molecule has 0 bridgehead atoms. The zero-order chi connectivity index (χ0) is 15.0. The Bertz CT molecular complexity index is 361. The summed E-state index contributed by atoms with van der Waals surface area (Å²) < 4.78 is 0. The maximum atomic E-state index is 11.9. The molecule has 0 saturated heterocycles. The Morgan fingerprint density at radius 2 is 1.63 bits per heavy atom. The molecular formula is C14H26N2O3. The molecule has 2 amide bonds. The molecule has 0 aliphatic heterocycles. The van der Waals surface area contributed by atoms with Crippen LogP contribution >= 0.6 is 0 Å². The molecule has 0 aromatic rings. The third-order valence-corrected chi connectivity index (χ3v) is 4.61. The Hall–Kier alpha value is -1.26. The van der Waals surface area contributed by atoms with Gasteiger partial charge in [-0.3, -0.25) is 0 Å². The van der Waals surface area contributed by atoms with Gasteiger partial charge in [0.1, 0.15) is 6.04 Å². The minimum Gasteiger partial charge on any atom is -0.480 e. The molecule has 0 heterocycles. The minimum absolute atomic E-state index is 0.0428. The van der Waals surface area contributed by atoms with Gasteiger partial charge in [-0.1, -0.05) is 41.5 Å². The lowest BCUT2D eigenvalue weighted by Gasteiger charge is -2.17. The van der Waals surface area contributed by atoms with Gasteiger partial charge < -0.3 is 15.7 Å². The lowest BCUT2D eigenvalue weighted by Crippen LogP contribution is -2.48. The summed E-state index contributed by atoms with van der Waals surface area (Å²) >= 11 is 0. The minimum atomic E-state index is -0.988. The Labute approximate surface area is 115 Å². The van der Waals surface area contributed by atoms with E-state index in [1.54, 1.807) is 0 Å². The third kappa shape index (κ3) is 3.19. The van der Waals surface area contributed by atoms with Crippen LogP contribution in [-0.2, 0) is 4.79 Å². The van der Waals surface area contributed by atoms with Gasteiger partial charge in [-0.15, -0.1) is 0 Å². The van der Waals surface area contributed by atoms with Crippen LogP contribution in [-0.4, -0.2) is 29.2 Å². The molecule has 0 aromatic carbocycles. The molecule has 19 heavy (non-hydrogen) atoms. The molecule has 5 nitrogen and oxygen atoms in total. The molecule has 110 valence electrons. The highest BCUT2D eigenvalue weighted by Crippen LogP contribution is 2.62. The molecule has 0 aromatic heterocycles. The van der Waals surface area contributed by atoms with Crippen LogP contribution in [0, 0.1) is 16.7 Å². The number of carboxylic acid groups (broad SMARTS) is 1. The van der Waals surface area contributed by atoms with Crippen molar-refractivity contribution < 1.29 is 14.7 Å². The fraction of sp³-hybridized carbons (Fsp3) is 0.857. The van der Waals surface area contributed by atoms with Crippen LogP contribution in [0.2, 0.25) is 0 Å². The van der Waals surface area contributed by atoms with Crippen molar-refractivity contribution in [3.05, 3.63) is 0 Å². The Morgan fingerprint density at radius 1 is 1.16 bits per heavy atom. The summed E-state index contributed by atoms with van der Waals surface area (Å²) in [4.78, 5) is 23.0. The average Bonchev–Trinajstić information content (AvgIpc) is 2.59. The number of amides is 2. The monoisotopic (exact) mass is 270 g/mol. The van der Waals surface area contributed by atoms with Gasteiger partial charge in [0.25, 0.3) is 0 Å². The lowest BCUT2D eigenvalue weighted by atomic mass is 10.0. The first-order valence-electron chi connectivity index (χ1n) is 6.80. The van der Waals surface area contributed by atoms with Crippen molar-refractivity contribution >= 4 is 12.0 Å². The number of carbonyl (C=O) groups is 2. The molecule has 1 saturated carbocycles. The molecule has 0 unspecified atom stereocenters. The van der Waals surface area contributed by atoms with Gasteiger partial charge in [-0.2, -0.15) is 0 Å². The van der Waals surface area contributed by atoms with Crippen molar-refractivity contribution in [1.82, 2.24) is 10.6 Å². The highest BCUT2D eigenvalue weighted by atomic mass is 16.4. The SMILES string of the molecule is CC(C)C[C@@H](NC(=O)NC1C(C)(C)C1(C)C)C(=O)O. The molecule has 5 heteroatoms. The quantitative estimate of drug-likeness (QED) is 0.716. The predicted molar refractivity (Wildman–Crippen MR) is 73.9 cm³/mol. The molecule has 3 N–H and O–H groups in total. The van der Waals surface area contributed by atoms with Crippen LogP contribution in [0.5, 0.6) is 0 Å². The number of rotatable bonds is 5. The van der Waals surface area contributed by atoms with Crippen LogP contribution < -0.4 is 10.6 Å². The summed E-state index contributed by atoms with van der Waals surface area (Å²) in [5, 5.41) is 14.5. The number of carbonyl (C=O) groups excluding carboxylic acids is 1. The van der Waals surface area contributed by atoms with Gasteiger partial charge in [0.2, 0.25) is 0 Å². The van der Waals surface area contributed by atoms with Crippen molar-refractivity contribution in [3.63, 3.8) is 0 Å². The average molecular weight is 270 g/mol. The molecule has 1 aliphatic rings. The molecule has 1 atom stereocenters. The van der Waals surface area contributed by atoms with E-state index < -0.39 is 18.0 Å². The predicted octanol–water partition coefficient (Wildman–Crippen LogP) is 2.22. The molecule has 1 fully saturated rings. The fourth-order valence-corrected chi connectivity index (χ4v) is 2.58. The van der Waals surface area contributed by atoms with E-state index in [1.807, 2.05) is 13.8 Å². The van der Waals surface area contributed by atoms with Crippen molar-refractivity contribution in [3.8, 4) is 0 Å². The van der Waals surface area contributed by atoms with E-state index >= 15 is 0 Å². The second-order valence-corrected chi connectivity index (χ2v) is 7.01. The zero-order valence-corrected chi connectivity index (χ0v) is 12.7. The van der Waals surface area contributed by atoms with Crippen LogP contribution in [0.1, 0.15) is 48.0 Å². The number of urea groups is 1. The van der Waals surface area contributed by atoms with E-state index in [2.05, 4.69) is 38.3 Å². The first-order valence-corrected chi connectivity index (χ1v) is 6.80. The van der Waals surface area contributed by atoms with E-state index in [4.69, 9.17) is 5.11 Å². The Morgan fingerprint density at radius 3 is 1.95 bits per heavy atom. The highest BCUT2D eigenvalue weighted by molar-refractivity contribution is 5.83. The molecular weight excluding hydrogens is 244 g/mol. The molecule has 1 aliphatic carbocycles. The number of carboxylic acids is 1. The first-order chi connectivity index (χ1) is 8.50. The summed E-state index contributed by atoms with van der Waals surface area (Å²) in [5.74, 6) is -0.770. The zero-order valence-electron chi connectivity index (χ0n) is 12.7. The summed E-state index contributed by atoms with van der Waals surface area (Å²) in [7, 11) is 0. The second kappa shape index (κ2) is 5.02. The van der Waals surface area contributed by atoms with Crippen molar-refractivity contribution in [1.29, 1.82) is 0 Å². The fourth-order valence-electron chi connectivity index (χ4n) is 2.58. The Kier molecular flexibility index (Phi) is 4.17. The van der Waals surface area contributed by atoms with Gasteiger partial charge >= 0.3 is 12.0 Å². The van der Waals surface area contributed by atoms with E-state index in [0.717, 1.165) is 0 Å². The van der Waals surface area contributed by atoms with E-state index in [0.29, 0.717) is 6.42 Å². The largest absolute Gasteiger partial charge is 0.480 e. The topological polar surface area (TPSA) is 78.4 Å². The van der Waals surface area contributed by atoms with Gasteiger partial charge in [0.05, 0.1) is 0 Å². The third-order valence-electron chi connectivity index (χ3n) is 4.61. The summed E-state index contributed by atoms with van der Waals surface area (Å²) in [6.45, 7) is 12.3. The summed E-state index contributed by atoms with van der Waals surface area (Å²) in [6, 6.07) is -1.14. The number of nitrogens with one attached hydrogen (secondary N) is 2. The van der Waals surface area contributed by atoms with E-state index in [9.17, 15) is 9.59 Å². The second-order valence-electron chi connectivity index (χ2n) is 7.01. The Balaban J connectivity index is 2.53. The molecule has 0 spiro atoms. The van der Waals surface area contributed by atoms with Crippen LogP contribution in [0.4, 0.5) is 4.79 Å². The van der Waals surface area contributed by atoms with Crippen molar-refractivity contribution in [2.75, 3.05) is 0 Å². The summed E-state index contributed by atoms with van der Waals surface area (Å²) in [5.41, 5.74) is 0.0855. The molecule has 1 rings (SSSR count). The lowest BCUT2D eigenvalue weighted by molar-refractivity contribution is -0.139. The maximum absolute atomic E-state index is 11.9. The number of hydrogen-bond donors (Lipinski definition) is 3. The van der Waals surface area contributed by atoms with E-state index in [-0.39, 0.29) is 22.8 Å². The molecule has 0 radical (unpaired) electrons. The van der Waals surface area contributed by atoms with Gasteiger partial charge in [0.15, 0.2) is 0 Å². The van der Waals surface area contributed by atoms with Crippen molar-refractivity contribution in [2.24, 2.45) is 16.7 Å². The maximum Gasteiger partial charge on any atom is 0.326 e. The normalized spacial score (nSPS) is 21.8. The number of hydrogen-bond acceptors (Lipinski definition) is 2. The van der Waals surface area contributed by atoms with Crippen LogP contribution in [0.15, 0.2) is 0 Å². The first kappa shape index (κ1) is 15.8. The summed E-state index contributed by atoms with van der Waals surface area (Å²) in [6.07, 6.45) is 0.431. The van der Waals surface area contributed by atoms with Gasteiger partial charge in [-0.25, -0.2) is 9.59 Å². The van der Waals surface area contributed by atoms with Crippen LogP contribution in [0.25, 0.3) is 0 Å². The van der Waals surface area contributed by atoms with Gasteiger partial charge in [0, 0.05) is 6.04 Å². The standard InChI is InChI=1S/C14H26N2O3/c1-8(2)7-9(10(17)18)15-12(19)16-11-13(3,4)14(11,5)6/h8-9,11H,7H2,1-6H3,(H,17,18)(H2,15,16,19)/t9-/m1/s1. The van der Waals surface area contributed by atoms with Crippen molar-refractivity contribution in [2.45, 2.75) is 60.0 Å².